The molecule has 1 aliphatic heterocycles. The summed E-state index contributed by atoms with van der Waals surface area (Å²) in [5, 5.41) is 0.635. The number of nitrogens with zero attached hydrogens (tertiary/aromatic N) is 2. The van der Waals surface area contributed by atoms with Gasteiger partial charge in [0.25, 0.3) is 5.91 Å². The summed E-state index contributed by atoms with van der Waals surface area (Å²) in [6.45, 7) is 7.70. The van der Waals surface area contributed by atoms with E-state index in [1.54, 1.807) is 29.2 Å². The summed E-state index contributed by atoms with van der Waals surface area (Å²) >= 11 is 1.27. The van der Waals surface area contributed by atoms with Crippen molar-refractivity contribution in [2.45, 2.75) is 46.0 Å². The molecule has 3 rings (SSSR count). The molecular formula is C21H21F3N2O2S. The van der Waals surface area contributed by atoms with Crippen LogP contribution < -0.4 is 0 Å². The zero-order valence-electron chi connectivity index (χ0n) is 16.4. The fourth-order valence-electron chi connectivity index (χ4n) is 2.82. The Labute approximate surface area is 171 Å². The number of amides is 1. The predicted octanol–water partition coefficient (Wildman–Crippen LogP) is 6.05. The molecule has 0 saturated carbocycles. The monoisotopic (exact) mass is 422 g/mol. The van der Waals surface area contributed by atoms with Crippen molar-refractivity contribution in [2.75, 3.05) is 0 Å². The molecule has 0 aliphatic carbocycles. The first kappa shape index (κ1) is 21.2. The lowest BCUT2D eigenvalue weighted by molar-refractivity contribution is -0.137. The highest BCUT2D eigenvalue weighted by atomic mass is 32.2. The number of carbonyl (C=O) groups excluding carboxylic acids is 1. The van der Waals surface area contributed by atoms with E-state index < -0.39 is 11.7 Å². The zero-order valence-corrected chi connectivity index (χ0v) is 17.3. The molecule has 1 aliphatic rings. The van der Waals surface area contributed by atoms with E-state index in [9.17, 15) is 18.0 Å². The third kappa shape index (κ3) is 4.75. The normalized spacial score (nSPS) is 18.1. The van der Waals surface area contributed by atoms with Gasteiger partial charge in [0.15, 0.2) is 5.17 Å². The molecule has 0 bridgehead atoms. The molecule has 1 fully saturated rings. The SMILES string of the molecule is CC(C)N=C1S/C(=C/c2ccc(-c3cccc(C(F)(F)F)c3)o2)C(=O)N1C(C)C. The van der Waals surface area contributed by atoms with Crippen molar-refractivity contribution in [1.29, 1.82) is 0 Å². The first-order chi connectivity index (χ1) is 13.6. The van der Waals surface area contributed by atoms with E-state index >= 15 is 0 Å². The van der Waals surface area contributed by atoms with Crippen LogP contribution >= 0.6 is 11.8 Å². The second-order valence-electron chi connectivity index (χ2n) is 7.17. The number of benzene rings is 1. The summed E-state index contributed by atoms with van der Waals surface area (Å²) in [6, 6.07) is 8.16. The summed E-state index contributed by atoms with van der Waals surface area (Å²) in [6.07, 6.45) is -2.82. The average Bonchev–Trinajstić information content (AvgIpc) is 3.19. The number of halogens is 3. The molecule has 1 amide bonds. The van der Waals surface area contributed by atoms with Crippen LogP contribution in [0.4, 0.5) is 13.2 Å². The molecule has 0 unspecified atom stereocenters. The van der Waals surface area contributed by atoms with Crippen molar-refractivity contribution in [3.05, 3.63) is 52.6 Å². The second-order valence-corrected chi connectivity index (χ2v) is 8.17. The molecule has 154 valence electrons. The number of furan rings is 1. The van der Waals surface area contributed by atoms with Gasteiger partial charge >= 0.3 is 6.18 Å². The topological polar surface area (TPSA) is 45.8 Å². The van der Waals surface area contributed by atoms with Crippen LogP contribution in [0.3, 0.4) is 0 Å². The van der Waals surface area contributed by atoms with Crippen molar-refractivity contribution in [3.63, 3.8) is 0 Å². The molecule has 0 spiro atoms. The van der Waals surface area contributed by atoms with Gasteiger partial charge in [0, 0.05) is 23.7 Å². The Morgan fingerprint density at radius 2 is 1.86 bits per heavy atom. The number of carbonyl (C=O) groups is 1. The molecular weight excluding hydrogens is 401 g/mol. The first-order valence-electron chi connectivity index (χ1n) is 9.14. The van der Waals surface area contributed by atoms with Gasteiger partial charge in [-0.1, -0.05) is 12.1 Å². The largest absolute Gasteiger partial charge is 0.457 e. The summed E-state index contributed by atoms with van der Waals surface area (Å²) in [5.41, 5.74) is -0.421. The van der Waals surface area contributed by atoms with Crippen LogP contribution in [0.2, 0.25) is 0 Å². The van der Waals surface area contributed by atoms with Gasteiger partial charge in [0.2, 0.25) is 0 Å². The highest BCUT2D eigenvalue weighted by molar-refractivity contribution is 8.18. The Morgan fingerprint density at radius 3 is 2.48 bits per heavy atom. The average molecular weight is 422 g/mol. The highest BCUT2D eigenvalue weighted by Gasteiger charge is 2.35. The van der Waals surface area contributed by atoms with Crippen LogP contribution in [-0.2, 0) is 11.0 Å². The Bertz CT molecular complexity index is 974. The van der Waals surface area contributed by atoms with Crippen LogP contribution in [0.1, 0.15) is 39.0 Å². The lowest BCUT2D eigenvalue weighted by atomic mass is 10.1. The smallest absolute Gasteiger partial charge is 0.416 e. The van der Waals surface area contributed by atoms with Crippen molar-refractivity contribution in [1.82, 2.24) is 4.90 Å². The van der Waals surface area contributed by atoms with Gasteiger partial charge in [-0.3, -0.25) is 14.7 Å². The van der Waals surface area contributed by atoms with Gasteiger partial charge in [-0.2, -0.15) is 13.2 Å². The maximum absolute atomic E-state index is 12.9. The quantitative estimate of drug-likeness (QED) is 0.563. The molecule has 0 N–H and O–H groups in total. The van der Waals surface area contributed by atoms with Gasteiger partial charge in [-0.25, -0.2) is 0 Å². The Hall–Kier alpha value is -2.48. The molecule has 2 aromatic rings. The number of thioether (sulfide) groups is 1. The summed E-state index contributed by atoms with van der Waals surface area (Å²) in [5.74, 6) is 0.527. The number of rotatable bonds is 4. The van der Waals surface area contributed by atoms with E-state index in [0.29, 0.717) is 27.2 Å². The zero-order chi connectivity index (χ0) is 21.3. The van der Waals surface area contributed by atoms with Gasteiger partial charge in [-0.15, -0.1) is 0 Å². The molecule has 1 aromatic carbocycles. The maximum atomic E-state index is 12.9. The molecule has 0 radical (unpaired) electrons. The van der Waals surface area contributed by atoms with Crippen molar-refractivity contribution in [2.24, 2.45) is 4.99 Å². The standard InChI is InChI=1S/C21H21F3N2O2S/c1-12(2)25-20-26(13(3)4)19(27)18(29-20)11-16-8-9-17(28-16)14-6-5-7-15(10-14)21(22,23)24/h5-13H,1-4H3/b18-11+,25-20?. The molecule has 29 heavy (non-hydrogen) atoms. The van der Waals surface area contributed by atoms with E-state index in [2.05, 4.69) is 4.99 Å². The van der Waals surface area contributed by atoms with Crippen LogP contribution in [-0.4, -0.2) is 28.1 Å². The molecule has 1 saturated heterocycles. The van der Waals surface area contributed by atoms with Crippen LogP contribution in [0.5, 0.6) is 0 Å². The van der Waals surface area contributed by atoms with Crippen molar-refractivity contribution < 1.29 is 22.4 Å². The molecule has 8 heteroatoms. The second kappa shape index (κ2) is 8.10. The lowest BCUT2D eigenvalue weighted by Gasteiger charge is -2.20. The minimum Gasteiger partial charge on any atom is -0.457 e. The van der Waals surface area contributed by atoms with E-state index in [4.69, 9.17) is 4.42 Å². The first-order valence-corrected chi connectivity index (χ1v) is 9.96. The fourth-order valence-corrected chi connectivity index (χ4v) is 4.03. The van der Waals surface area contributed by atoms with E-state index in [0.717, 1.165) is 12.1 Å². The van der Waals surface area contributed by atoms with E-state index in [-0.39, 0.29) is 18.0 Å². The third-order valence-corrected chi connectivity index (χ3v) is 5.09. The molecule has 2 heterocycles. The minimum absolute atomic E-state index is 0.0435. The number of hydrogen-bond acceptors (Lipinski definition) is 4. The van der Waals surface area contributed by atoms with Crippen molar-refractivity contribution >= 4 is 28.9 Å². The fraction of sp³-hybridized carbons (Fsp3) is 0.333. The molecule has 4 nitrogen and oxygen atoms in total. The maximum Gasteiger partial charge on any atom is 0.416 e. The lowest BCUT2D eigenvalue weighted by Crippen LogP contribution is -2.35. The Balaban J connectivity index is 1.90. The van der Waals surface area contributed by atoms with Crippen molar-refractivity contribution in [3.8, 4) is 11.3 Å². The summed E-state index contributed by atoms with van der Waals surface area (Å²) < 4.78 is 44.5. The van der Waals surface area contributed by atoms with E-state index in [1.165, 1.54) is 17.8 Å². The number of amidine groups is 1. The Kier molecular flexibility index (Phi) is 5.93. The van der Waals surface area contributed by atoms with Crippen LogP contribution in [0.25, 0.3) is 17.4 Å². The Morgan fingerprint density at radius 1 is 1.14 bits per heavy atom. The van der Waals surface area contributed by atoms with Gasteiger partial charge in [-0.05, 0) is 63.7 Å². The number of aliphatic imine (C=N–C) groups is 1. The minimum atomic E-state index is -4.42. The van der Waals surface area contributed by atoms with Gasteiger partial charge < -0.3 is 4.42 Å². The van der Waals surface area contributed by atoms with E-state index in [1.807, 2.05) is 27.7 Å². The molecule has 1 aromatic heterocycles. The number of hydrogen-bond donors (Lipinski definition) is 0. The van der Waals surface area contributed by atoms with Gasteiger partial charge in [0.05, 0.1) is 10.5 Å². The third-order valence-electron chi connectivity index (χ3n) is 4.10. The summed E-state index contributed by atoms with van der Waals surface area (Å²) in [7, 11) is 0. The molecule has 0 atom stereocenters. The van der Waals surface area contributed by atoms with Crippen LogP contribution in [0.15, 0.2) is 50.7 Å². The van der Waals surface area contributed by atoms with Crippen LogP contribution in [0, 0.1) is 0 Å². The predicted molar refractivity (Wildman–Crippen MR) is 109 cm³/mol. The summed E-state index contributed by atoms with van der Waals surface area (Å²) in [4.78, 5) is 19.4. The number of alkyl halides is 3. The highest BCUT2D eigenvalue weighted by Crippen LogP contribution is 2.36. The van der Waals surface area contributed by atoms with Gasteiger partial charge in [0.1, 0.15) is 11.5 Å².